The van der Waals surface area contributed by atoms with Crippen LogP contribution in [0.1, 0.15) is 74.4 Å². The van der Waals surface area contributed by atoms with E-state index in [0.29, 0.717) is 35.8 Å². The molecule has 2 aliphatic rings. The third-order valence-corrected chi connectivity index (χ3v) is 23.9. The van der Waals surface area contributed by atoms with E-state index < -0.39 is 0 Å². The molecule has 0 radical (unpaired) electrons. The van der Waals surface area contributed by atoms with Crippen LogP contribution >= 0.6 is 45.3 Å². The predicted octanol–water partition coefficient (Wildman–Crippen LogP) is 20.0. The molecule has 11 N–H and O–H groups in total. The van der Waals surface area contributed by atoms with E-state index in [-0.39, 0.29) is 6.10 Å². The van der Waals surface area contributed by atoms with Crippen LogP contribution in [-0.2, 0) is 11.3 Å². The predicted molar refractivity (Wildman–Crippen MR) is 468 cm³/mol. The Morgan fingerprint density at radius 1 is 0.470 bits per heavy atom. The van der Waals surface area contributed by atoms with Crippen molar-refractivity contribution in [1.29, 1.82) is 0 Å². The number of benzene rings is 6. The van der Waals surface area contributed by atoms with Gasteiger partial charge in [-0.05, 0) is 200 Å². The Balaban J connectivity index is 0.000000107. The van der Waals surface area contributed by atoms with E-state index in [4.69, 9.17) is 29.7 Å². The number of piperidine rings is 1. The highest BCUT2D eigenvalue weighted by molar-refractivity contribution is 7.18. The molecule has 0 spiro atoms. The van der Waals surface area contributed by atoms with Crippen molar-refractivity contribution < 1.29 is 4.74 Å². The zero-order valence-corrected chi connectivity index (χ0v) is 66.4. The molecule has 0 saturated carbocycles. The quantitative estimate of drug-likeness (QED) is 0.0338. The normalized spacial score (nSPS) is 14.1. The fourth-order valence-corrected chi connectivity index (χ4v) is 17.2. The third-order valence-electron chi connectivity index (χ3n) is 20.2. The number of hydrogen-bond donors (Lipinski definition) is 11. The number of aromatic amines is 4. The van der Waals surface area contributed by atoms with Gasteiger partial charge < -0.3 is 42.0 Å². The van der Waals surface area contributed by atoms with Crippen LogP contribution < -0.4 is 37.2 Å². The van der Waals surface area contributed by atoms with E-state index in [9.17, 15) is 0 Å². The molecule has 115 heavy (non-hydrogen) atoms. The van der Waals surface area contributed by atoms with Crippen molar-refractivity contribution in [3.8, 4) is 5.95 Å². The van der Waals surface area contributed by atoms with Gasteiger partial charge in [0.25, 0.3) is 5.95 Å². The van der Waals surface area contributed by atoms with Crippen LogP contribution in [0.25, 0.3) is 90.4 Å². The Morgan fingerprint density at radius 3 is 1.39 bits per heavy atom. The maximum Gasteiger partial charge on any atom is 0.253 e. The number of anilines is 12. The zero-order chi connectivity index (χ0) is 77.6. The SMILES string of the molecule is CCC(C)c1ccc(Nc2nc(Nc3ccc4[nH]ncc4c3)c3sccc3n2)cc1.Cc1cc(C)n(-c2nc(Nc3ccc4[nH]ncc4c3)c3sccc3n2)n1.c1cc2nc(NCC3CCCO3)nc(Nc3ccc4[nH]ncc4c3)c2s1.c1ccc(CN2CCC(Nc3nc(Nc4ccc5[nH]ncc5c4)c4sccc4n3)CC2)cc1. The van der Waals surface area contributed by atoms with Gasteiger partial charge in [0.2, 0.25) is 17.8 Å². The van der Waals surface area contributed by atoms with Crippen LogP contribution in [0.5, 0.6) is 0 Å². The number of aryl methyl sites for hydroxylation is 2. The summed E-state index contributed by atoms with van der Waals surface area (Å²) in [6.45, 7) is 13.2. The lowest BCUT2D eigenvalue weighted by molar-refractivity contribution is 0.120. The molecule has 2 atom stereocenters. The van der Waals surface area contributed by atoms with E-state index in [1.165, 1.54) is 11.1 Å². The number of H-pyrrole nitrogens is 4. The third kappa shape index (κ3) is 17.1. The number of thiophene rings is 4. The first kappa shape index (κ1) is 73.6. The molecular formula is C84H80N26OS4. The van der Waals surface area contributed by atoms with Crippen LogP contribution in [-0.4, -0.2) is 134 Å². The van der Waals surface area contributed by atoms with Gasteiger partial charge in [-0.3, -0.25) is 25.3 Å². The van der Waals surface area contributed by atoms with Gasteiger partial charge in [-0.1, -0.05) is 56.3 Å². The van der Waals surface area contributed by atoms with Gasteiger partial charge in [0.1, 0.15) is 0 Å². The summed E-state index contributed by atoms with van der Waals surface area (Å²) in [6.07, 6.45) is 13.0. The van der Waals surface area contributed by atoms with E-state index >= 15 is 0 Å². The van der Waals surface area contributed by atoms with Crippen molar-refractivity contribution in [2.45, 2.75) is 84.4 Å². The number of fused-ring (bicyclic) bond motifs is 8. The summed E-state index contributed by atoms with van der Waals surface area (Å²) in [7, 11) is 0. The van der Waals surface area contributed by atoms with Gasteiger partial charge >= 0.3 is 0 Å². The Morgan fingerprint density at radius 2 is 0.922 bits per heavy atom. The first-order chi connectivity index (χ1) is 56.5. The molecule has 2 saturated heterocycles. The second-order valence-electron chi connectivity index (χ2n) is 28.4. The summed E-state index contributed by atoms with van der Waals surface area (Å²) in [5.74, 6) is 6.21. The number of ether oxygens (including phenoxy) is 1. The standard InChI is InChI=1S/C25H25N7S.C23H22N6S.C18H15N7S.C18H18N6OS/c1-2-4-17(5-3-1)16-32-11-8-19(9-12-32)28-25-29-22-10-13-33-23(22)24(30-25)27-20-6-7-21-18(14-20)15-26-31-21;1-3-14(2)15-4-6-17(7-5-15)26-23-27-20-10-11-30-21(20)22(28-23)25-18-8-9-19-16(12-18)13-24-29-19;1-10-7-11(2)25(24-10)18-21-15-5-6-26-16(15)17(22-18)20-13-3-4-14-12(8-13)9-19-23-14;1-2-13(25-6-1)10-19-18-22-15-5-7-26-16(15)17(23-18)21-12-3-4-14-11(8-12)9-20-24-14/h1-7,10,13-15,19H,8-9,11-12,16H2,(H,26,31)(H2,27,28,29,30);4-14H,3H2,1-2H3,(H,24,29)(H2,25,26,27,28);3-9H,1-2H3,(H,19,23)(H,20,21,22);3-5,7-9,13H,1-2,6,10H2,(H,20,24)(H2,19,21,22,23). The van der Waals surface area contributed by atoms with Crippen molar-refractivity contribution in [2.75, 3.05) is 63.5 Å². The minimum absolute atomic E-state index is 0.247. The lowest BCUT2D eigenvalue weighted by Crippen LogP contribution is -2.39. The average Bonchev–Trinajstić information content (AvgIpc) is 1.64. The molecule has 2 unspecified atom stereocenters. The highest BCUT2D eigenvalue weighted by Gasteiger charge is 2.23. The van der Waals surface area contributed by atoms with Gasteiger partial charge in [0.15, 0.2) is 23.3 Å². The fourth-order valence-electron chi connectivity index (χ4n) is 14.1. The van der Waals surface area contributed by atoms with Crippen molar-refractivity contribution >= 4 is 199 Å². The molecule has 31 heteroatoms. The largest absolute Gasteiger partial charge is 0.376 e. The molecule has 2 aliphatic heterocycles. The molecule has 6 aromatic carbocycles. The van der Waals surface area contributed by atoms with Gasteiger partial charge in [0, 0.05) is 94.5 Å². The molecule has 2 fully saturated rings. The molecule has 576 valence electrons. The van der Waals surface area contributed by atoms with E-state index in [1.807, 2.05) is 134 Å². The lowest BCUT2D eigenvalue weighted by atomic mass is 9.99. The summed E-state index contributed by atoms with van der Waals surface area (Å²) in [6, 6.07) is 54.0. The zero-order valence-electron chi connectivity index (χ0n) is 63.2. The molecule has 0 bridgehead atoms. The summed E-state index contributed by atoms with van der Waals surface area (Å²) < 4.78 is 11.6. The van der Waals surface area contributed by atoms with Crippen LogP contribution in [0.15, 0.2) is 204 Å². The lowest BCUT2D eigenvalue weighted by Gasteiger charge is -2.32. The average molecular weight is 1600 g/mol. The van der Waals surface area contributed by atoms with Gasteiger partial charge in [-0.2, -0.15) is 45.4 Å². The topological polar surface area (TPSA) is 332 Å². The molecule has 0 amide bonds. The molecule has 27 nitrogen and oxygen atoms in total. The summed E-state index contributed by atoms with van der Waals surface area (Å²) in [5.41, 5.74) is 17.3. The van der Waals surface area contributed by atoms with Gasteiger partial charge in [-0.25, -0.2) is 24.6 Å². The van der Waals surface area contributed by atoms with E-state index in [0.717, 1.165) is 212 Å². The van der Waals surface area contributed by atoms with Crippen LogP contribution in [0, 0.1) is 13.8 Å². The van der Waals surface area contributed by atoms with Crippen LogP contribution in [0.4, 0.5) is 69.6 Å². The maximum atomic E-state index is 5.67. The minimum Gasteiger partial charge on any atom is -0.376 e. The monoisotopic (exact) mass is 1600 g/mol. The Labute approximate surface area is 675 Å². The first-order valence-electron chi connectivity index (χ1n) is 38.1. The first-order valence-corrected chi connectivity index (χ1v) is 41.6. The van der Waals surface area contributed by atoms with Crippen molar-refractivity contribution in [1.82, 2.24) is 95.3 Å². The molecule has 13 aromatic heterocycles. The molecule has 19 aromatic rings. The number of hydrogen-bond acceptors (Lipinski definition) is 26. The fraction of sp³-hybridized carbons (Fsp3) is 0.202. The molecule has 21 rings (SSSR count). The smallest absolute Gasteiger partial charge is 0.253 e. The second-order valence-corrected chi connectivity index (χ2v) is 32.0. The number of likely N-dealkylation sites (tertiary alicyclic amines) is 1. The van der Waals surface area contributed by atoms with Crippen molar-refractivity contribution in [2.24, 2.45) is 0 Å². The van der Waals surface area contributed by atoms with Crippen molar-refractivity contribution in [3.63, 3.8) is 0 Å². The van der Waals surface area contributed by atoms with E-state index in [1.54, 1.807) is 50.0 Å². The van der Waals surface area contributed by atoms with Crippen LogP contribution in [0.2, 0.25) is 0 Å². The van der Waals surface area contributed by atoms with Gasteiger partial charge in [0.05, 0.1) is 99.5 Å². The molecule has 15 heterocycles. The number of rotatable bonds is 20. The highest BCUT2D eigenvalue weighted by Crippen LogP contribution is 2.37. The Kier molecular flexibility index (Phi) is 21.4. The molecular weight excluding hydrogens is 1520 g/mol. The molecule has 0 aliphatic carbocycles. The number of nitrogens with one attached hydrogen (secondary N) is 11. The second kappa shape index (κ2) is 33.4. The Bertz CT molecular complexity index is 6540. The minimum atomic E-state index is 0.247. The van der Waals surface area contributed by atoms with Crippen LogP contribution in [0.3, 0.4) is 0 Å². The van der Waals surface area contributed by atoms with Gasteiger partial charge in [-0.15, -0.1) is 45.3 Å². The number of nitrogens with zero attached hydrogens (tertiary/aromatic N) is 15. The Hall–Kier alpha value is -12.9. The summed E-state index contributed by atoms with van der Waals surface area (Å²) in [5, 5.41) is 69.2. The highest BCUT2D eigenvalue weighted by atomic mass is 32.1. The maximum absolute atomic E-state index is 5.67. The summed E-state index contributed by atoms with van der Waals surface area (Å²) in [4.78, 5) is 40.3. The number of aromatic nitrogens is 18. The summed E-state index contributed by atoms with van der Waals surface area (Å²) >= 11 is 6.53. The van der Waals surface area contributed by atoms with Crippen molar-refractivity contribution in [3.05, 3.63) is 227 Å². The van der Waals surface area contributed by atoms with E-state index in [2.05, 4.69) is 201 Å².